The van der Waals surface area contributed by atoms with Crippen LogP contribution >= 0.6 is 11.6 Å². The van der Waals surface area contributed by atoms with Gasteiger partial charge in [-0.2, -0.15) is 0 Å². The molecule has 0 spiro atoms. The zero-order valence-corrected chi connectivity index (χ0v) is 16.4. The van der Waals surface area contributed by atoms with E-state index >= 15 is 0 Å². The minimum atomic E-state index is -0.336. The summed E-state index contributed by atoms with van der Waals surface area (Å²) in [6.45, 7) is 2.74. The largest absolute Gasteiger partial charge is 0.465 e. The van der Waals surface area contributed by atoms with E-state index in [0.29, 0.717) is 12.1 Å². The number of benzene rings is 2. The second-order valence-electron chi connectivity index (χ2n) is 6.62. The molecule has 0 aliphatic carbocycles. The molecular formula is C23H19ClN2O2. The van der Waals surface area contributed by atoms with Crippen LogP contribution in [-0.2, 0) is 11.3 Å². The van der Waals surface area contributed by atoms with E-state index in [0.717, 1.165) is 38.3 Å². The van der Waals surface area contributed by atoms with Crippen molar-refractivity contribution in [3.63, 3.8) is 0 Å². The maximum atomic E-state index is 11.7. The third-order valence-electron chi connectivity index (χ3n) is 4.93. The maximum Gasteiger partial charge on any atom is 0.337 e. The molecule has 0 N–H and O–H groups in total. The Labute approximate surface area is 168 Å². The summed E-state index contributed by atoms with van der Waals surface area (Å²) in [5.41, 5.74) is 5.94. The van der Waals surface area contributed by atoms with Crippen LogP contribution in [0.2, 0.25) is 5.02 Å². The van der Waals surface area contributed by atoms with Gasteiger partial charge in [-0.1, -0.05) is 29.8 Å². The summed E-state index contributed by atoms with van der Waals surface area (Å²) in [5.74, 6) is -0.336. The molecule has 140 valence electrons. The van der Waals surface area contributed by atoms with Gasteiger partial charge >= 0.3 is 5.97 Å². The average Bonchev–Trinajstić information content (AvgIpc) is 3.01. The molecule has 0 saturated heterocycles. The van der Waals surface area contributed by atoms with Crippen molar-refractivity contribution in [2.24, 2.45) is 0 Å². The van der Waals surface area contributed by atoms with Crippen molar-refractivity contribution in [3.8, 4) is 11.3 Å². The molecule has 0 radical (unpaired) electrons. The van der Waals surface area contributed by atoms with Crippen molar-refractivity contribution >= 4 is 28.5 Å². The fourth-order valence-corrected chi connectivity index (χ4v) is 3.95. The topological polar surface area (TPSA) is 44.1 Å². The summed E-state index contributed by atoms with van der Waals surface area (Å²) in [5, 5.41) is 1.79. The zero-order valence-electron chi connectivity index (χ0n) is 15.6. The molecule has 0 atom stereocenters. The molecule has 0 aliphatic rings. The molecule has 0 aliphatic heterocycles. The van der Waals surface area contributed by atoms with Gasteiger partial charge in [0.25, 0.3) is 0 Å². The molecule has 0 fully saturated rings. The van der Waals surface area contributed by atoms with Gasteiger partial charge in [-0.25, -0.2) is 4.79 Å². The van der Waals surface area contributed by atoms with E-state index in [1.165, 1.54) is 7.11 Å². The first-order valence-electron chi connectivity index (χ1n) is 8.95. The van der Waals surface area contributed by atoms with Gasteiger partial charge in [-0.3, -0.25) is 4.98 Å². The number of nitrogens with zero attached hydrogens (tertiary/aromatic N) is 2. The Kier molecular flexibility index (Phi) is 4.88. The van der Waals surface area contributed by atoms with Gasteiger partial charge in [0.2, 0.25) is 0 Å². The number of carbonyl (C=O) groups is 1. The molecule has 28 heavy (non-hydrogen) atoms. The van der Waals surface area contributed by atoms with Crippen LogP contribution in [0.15, 0.2) is 67.0 Å². The van der Waals surface area contributed by atoms with E-state index in [4.69, 9.17) is 16.3 Å². The minimum absolute atomic E-state index is 0.336. The van der Waals surface area contributed by atoms with E-state index in [2.05, 4.69) is 28.6 Å². The maximum absolute atomic E-state index is 11.7. The van der Waals surface area contributed by atoms with Crippen LogP contribution in [0.1, 0.15) is 21.5 Å². The van der Waals surface area contributed by atoms with Gasteiger partial charge in [0.1, 0.15) is 0 Å². The number of aromatic nitrogens is 2. The van der Waals surface area contributed by atoms with Gasteiger partial charge in [0.15, 0.2) is 0 Å². The normalized spacial score (nSPS) is 11.0. The Bertz CT molecular complexity index is 1150. The van der Waals surface area contributed by atoms with Crippen LogP contribution in [0.25, 0.3) is 22.2 Å². The molecule has 4 rings (SSSR count). The first-order chi connectivity index (χ1) is 13.6. The Balaban J connectivity index is 1.86. The van der Waals surface area contributed by atoms with Crippen molar-refractivity contribution in [1.29, 1.82) is 0 Å². The van der Waals surface area contributed by atoms with E-state index in [1.54, 1.807) is 18.3 Å². The summed E-state index contributed by atoms with van der Waals surface area (Å²) < 4.78 is 7.03. The molecule has 2 heterocycles. The van der Waals surface area contributed by atoms with Crippen molar-refractivity contribution < 1.29 is 9.53 Å². The molecule has 0 amide bonds. The number of fused-ring (bicyclic) bond motifs is 1. The summed E-state index contributed by atoms with van der Waals surface area (Å²) in [6, 6.07) is 17.4. The van der Waals surface area contributed by atoms with E-state index in [-0.39, 0.29) is 5.97 Å². The lowest BCUT2D eigenvalue weighted by Crippen LogP contribution is -2.04. The summed E-state index contributed by atoms with van der Waals surface area (Å²) in [7, 11) is 1.38. The number of hydrogen-bond acceptors (Lipinski definition) is 3. The standard InChI is InChI=1S/C23H19ClN2O2/c1-15-21-19(24)6-3-7-20(21)26(22(15)18-5-4-12-25-13-18)14-16-8-10-17(11-9-16)23(27)28-2/h3-13H,14H2,1-2H3. The van der Waals surface area contributed by atoms with Gasteiger partial charge in [-0.15, -0.1) is 0 Å². The predicted molar refractivity (Wildman–Crippen MR) is 112 cm³/mol. The monoisotopic (exact) mass is 390 g/mol. The second kappa shape index (κ2) is 7.49. The number of esters is 1. The van der Waals surface area contributed by atoms with Crippen molar-refractivity contribution in [2.75, 3.05) is 7.11 Å². The predicted octanol–water partition coefficient (Wildman–Crippen LogP) is 5.50. The quantitative estimate of drug-likeness (QED) is 0.432. The average molecular weight is 391 g/mol. The Morgan fingerprint density at radius 2 is 1.89 bits per heavy atom. The lowest BCUT2D eigenvalue weighted by atomic mass is 10.1. The fraction of sp³-hybridized carbons (Fsp3) is 0.130. The lowest BCUT2D eigenvalue weighted by molar-refractivity contribution is 0.0600. The molecule has 0 bridgehead atoms. The zero-order chi connectivity index (χ0) is 19.7. The van der Waals surface area contributed by atoms with E-state index < -0.39 is 0 Å². The molecule has 5 heteroatoms. The smallest absolute Gasteiger partial charge is 0.337 e. The Morgan fingerprint density at radius 3 is 2.57 bits per heavy atom. The summed E-state index contributed by atoms with van der Waals surface area (Å²) >= 11 is 6.53. The number of ether oxygens (including phenoxy) is 1. The first-order valence-corrected chi connectivity index (χ1v) is 9.33. The Morgan fingerprint density at radius 1 is 1.11 bits per heavy atom. The van der Waals surface area contributed by atoms with E-state index in [1.807, 2.05) is 36.5 Å². The Hall–Kier alpha value is -3.11. The van der Waals surface area contributed by atoms with Crippen LogP contribution in [0, 0.1) is 6.92 Å². The molecule has 4 nitrogen and oxygen atoms in total. The molecular weight excluding hydrogens is 372 g/mol. The molecule has 4 aromatic rings. The van der Waals surface area contributed by atoms with Crippen LogP contribution in [0.3, 0.4) is 0 Å². The van der Waals surface area contributed by atoms with Crippen molar-refractivity contribution in [3.05, 3.63) is 88.7 Å². The second-order valence-corrected chi connectivity index (χ2v) is 7.03. The SMILES string of the molecule is COC(=O)c1ccc(Cn2c(-c3cccnc3)c(C)c3c(Cl)cccc32)cc1. The van der Waals surface area contributed by atoms with Gasteiger partial charge in [-0.05, 0) is 54.4 Å². The van der Waals surface area contributed by atoms with Gasteiger partial charge < -0.3 is 9.30 Å². The van der Waals surface area contributed by atoms with Crippen LogP contribution in [0.4, 0.5) is 0 Å². The van der Waals surface area contributed by atoms with Crippen molar-refractivity contribution in [1.82, 2.24) is 9.55 Å². The fourth-order valence-electron chi connectivity index (χ4n) is 3.64. The first kappa shape index (κ1) is 18.3. The number of hydrogen-bond donors (Lipinski definition) is 0. The van der Waals surface area contributed by atoms with Gasteiger partial charge in [0.05, 0.1) is 28.9 Å². The number of carbonyl (C=O) groups excluding carboxylic acids is 1. The number of methoxy groups -OCH3 is 1. The van der Waals surface area contributed by atoms with Gasteiger partial charge in [0, 0.05) is 29.9 Å². The lowest BCUT2D eigenvalue weighted by Gasteiger charge is -2.12. The number of aryl methyl sites for hydroxylation is 1. The highest BCUT2D eigenvalue weighted by Crippen LogP contribution is 2.37. The van der Waals surface area contributed by atoms with E-state index in [9.17, 15) is 4.79 Å². The highest BCUT2D eigenvalue weighted by Gasteiger charge is 2.18. The third-order valence-corrected chi connectivity index (χ3v) is 5.25. The molecule has 2 aromatic heterocycles. The molecule has 2 aromatic carbocycles. The molecule has 0 unspecified atom stereocenters. The van der Waals surface area contributed by atoms with Crippen LogP contribution in [0.5, 0.6) is 0 Å². The number of rotatable bonds is 4. The van der Waals surface area contributed by atoms with Crippen LogP contribution in [-0.4, -0.2) is 22.6 Å². The third kappa shape index (κ3) is 3.16. The van der Waals surface area contributed by atoms with Crippen LogP contribution < -0.4 is 0 Å². The summed E-state index contributed by atoms with van der Waals surface area (Å²) in [4.78, 5) is 16.0. The number of pyridine rings is 1. The summed E-state index contributed by atoms with van der Waals surface area (Å²) in [6.07, 6.45) is 3.64. The highest BCUT2D eigenvalue weighted by molar-refractivity contribution is 6.36. The minimum Gasteiger partial charge on any atom is -0.465 e. The molecule has 0 saturated carbocycles. The number of halogens is 1. The van der Waals surface area contributed by atoms with Crippen molar-refractivity contribution in [2.45, 2.75) is 13.5 Å². The highest BCUT2D eigenvalue weighted by atomic mass is 35.5.